The van der Waals surface area contributed by atoms with Crippen LogP contribution in [0, 0.1) is 6.92 Å². The Bertz CT molecular complexity index is 527. The van der Waals surface area contributed by atoms with Gasteiger partial charge in [-0.1, -0.05) is 18.2 Å². The Morgan fingerprint density at radius 2 is 1.89 bits per heavy atom. The number of sulfone groups is 1. The van der Waals surface area contributed by atoms with E-state index in [0.717, 1.165) is 5.56 Å². The van der Waals surface area contributed by atoms with Gasteiger partial charge in [-0.25, -0.2) is 8.42 Å². The van der Waals surface area contributed by atoms with E-state index in [1.807, 2.05) is 19.1 Å². The van der Waals surface area contributed by atoms with Crippen LogP contribution in [0.15, 0.2) is 18.2 Å². The van der Waals surface area contributed by atoms with Crippen molar-refractivity contribution in [3.8, 4) is 5.75 Å². The summed E-state index contributed by atoms with van der Waals surface area (Å²) in [6.07, 6.45) is 0. The lowest BCUT2D eigenvalue weighted by atomic mass is 10.1. The van der Waals surface area contributed by atoms with Crippen LogP contribution < -0.4 is 4.74 Å². The van der Waals surface area contributed by atoms with Crippen LogP contribution in [-0.2, 0) is 16.4 Å². The van der Waals surface area contributed by atoms with Gasteiger partial charge in [-0.3, -0.25) is 0 Å². The van der Waals surface area contributed by atoms with Gasteiger partial charge < -0.3 is 9.84 Å². The van der Waals surface area contributed by atoms with E-state index >= 15 is 0 Å². The molecule has 0 aliphatic carbocycles. The van der Waals surface area contributed by atoms with E-state index in [-0.39, 0.29) is 19.0 Å². The van der Waals surface area contributed by atoms with Crippen LogP contribution in [0.25, 0.3) is 0 Å². The van der Waals surface area contributed by atoms with Crippen LogP contribution >= 0.6 is 0 Å². The first-order valence-electron chi connectivity index (χ1n) is 6.23. The van der Waals surface area contributed by atoms with Crippen molar-refractivity contribution >= 4 is 9.84 Å². The molecule has 0 bridgehead atoms. The molecule has 5 heteroatoms. The molecule has 19 heavy (non-hydrogen) atoms. The Hall–Kier alpha value is -1.07. The third-order valence-electron chi connectivity index (χ3n) is 3.00. The van der Waals surface area contributed by atoms with Gasteiger partial charge in [0.1, 0.15) is 12.4 Å². The number of benzene rings is 1. The third-order valence-corrected chi connectivity index (χ3v) is 5.57. The zero-order chi connectivity index (χ0) is 14.7. The lowest BCUT2D eigenvalue weighted by molar-refractivity contribution is 0.266. The number of aliphatic hydroxyl groups is 1. The van der Waals surface area contributed by atoms with Crippen LogP contribution in [0.4, 0.5) is 0 Å². The lowest BCUT2D eigenvalue weighted by Crippen LogP contribution is -2.32. The Labute approximate surface area is 115 Å². The van der Waals surface area contributed by atoms with Crippen molar-refractivity contribution in [3.05, 3.63) is 29.3 Å². The summed E-state index contributed by atoms with van der Waals surface area (Å²) in [6.45, 7) is 6.87. The number of aryl methyl sites for hydroxylation is 1. The van der Waals surface area contributed by atoms with E-state index in [9.17, 15) is 13.5 Å². The van der Waals surface area contributed by atoms with Gasteiger partial charge in [0.15, 0.2) is 9.84 Å². The van der Waals surface area contributed by atoms with Crippen molar-refractivity contribution in [3.63, 3.8) is 0 Å². The second-order valence-electron chi connectivity index (χ2n) is 5.50. The smallest absolute Gasteiger partial charge is 0.158 e. The fourth-order valence-corrected chi connectivity index (χ4v) is 2.52. The van der Waals surface area contributed by atoms with Crippen LogP contribution in [0.3, 0.4) is 0 Å². The van der Waals surface area contributed by atoms with E-state index < -0.39 is 14.6 Å². The summed E-state index contributed by atoms with van der Waals surface area (Å²) in [5.41, 5.74) is 1.56. The third kappa shape index (κ3) is 3.94. The van der Waals surface area contributed by atoms with Crippen molar-refractivity contribution in [2.75, 3.05) is 12.4 Å². The number of aliphatic hydroxyl groups excluding tert-OH is 1. The summed E-state index contributed by atoms with van der Waals surface area (Å²) in [5, 5.41) is 9.23. The first-order chi connectivity index (χ1) is 8.69. The fraction of sp³-hybridized carbons (Fsp3) is 0.571. The minimum Gasteiger partial charge on any atom is -0.492 e. The molecular formula is C14H22O4S. The molecular weight excluding hydrogens is 264 g/mol. The highest BCUT2D eigenvalue weighted by atomic mass is 32.2. The number of hydrogen-bond donors (Lipinski definition) is 1. The second-order valence-corrected chi connectivity index (χ2v) is 8.36. The van der Waals surface area contributed by atoms with E-state index in [1.54, 1.807) is 26.8 Å². The van der Waals surface area contributed by atoms with E-state index in [1.165, 1.54) is 0 Å². The molecule has 0 amide bonds. The molecule has 0 aliphatic heterocycles. The molecule has 1 rings (SSSR count). The van der Waals surface area contributed by atoms with Gasteiger partial charge in [0.25, 0.3) is 0 Å². The molecule has 0 unspecified atom stereocenters. The molecule has 0 aromatic heterocycles. The van der Waals surface area contributed by atoms with Gasteiger partial charge >= 0.3 is 0 Å². The van der Waals surface area contributed by atoms with Gasteiger partial charge in [-0.05, 0) is 33.3 Å². The van der Waals surface area contributed by atoms with Crippen LogP contribution in [0.1, 0.15) is 31.9 Å². The Kier molecular flexibility index (Phi) is 4.98. The Balaban J connectivity index is 2.75. The number of hydrogen-bond acceptors (Lipinski definition) is 4. The molecule has 108 valence electrons. The predicted octanol–water partition coefficient (Wildman–Crippen LogP) is 2.08. The zero-order valence-corrected chi connectivity index (χ0v) is 12.8. The fourth-order valence-electron chi connectivity index (χ4n) is 1.60. The number of ether oxygens (including phenoxy) is 1. The molecule has 1 N–H and O–H groups in total. The van der Waals surface area contributed by atoms with Gasteiger partial charge in [0.2, 0.25) is 0 Å². The highest BCUT2D eigenvalue weighted by Gasteiger charge is 2.28. The molecule has 0 fully saturated rings. The van der Waals surface area contributed by atoms with E-state index in [4.69, 9.17) is 4.74 Å². The van der Waals surface area contributed by atoms with Crippen LogP contribution in [-0.4, -0.2) is 30.6 Å². The quantitative estimate of drug-likeness (QED) is 0.900. The van der Waals surface area contributed by atoms with Crippen LogP contribution in [0.5, 0.6) is 5.75 Å². The summed E-state index contributed by atoms with van der Waals surface area (Å²) in [4.78, 5) is 0. The summed E-state index contributed by atoms with van der Waals surface area (Å²) in [5.74, 6) is 0.546. The van der Waals surface area contributed by atoms with Crippen molar-refractivity contribution in [1.29, 1.82) is 0 Å². The average molecular weight is 286 g/mol. The molecule has 1 aromatic rings. The molecule has 0 saturated heterocycles. The van der Waals surface area contributed by atoms with Crippen molar-refractivity contribution < 1.29 is 18.3 Å². The number of rotatable bonds is 5. The minimum atomic E-state index is -3.19. The maximum Gasteiger partial charge on any atom is 0.158 e. The predicted molar refractivity (Wildman–Crippen MR) is 76.1 cm³/mol. The largest absolute Gasteiger partial charge is 0.492 e. The summed E-state index contributed by atoms with van der Waals surface area (Å²) in [7, 11) is -3.19. The molecule has 0 saturated carbocycles. The normalized spacial score (nSPS) is 12.5. The highest BCUT2D eigenvalue weighted by Crippen LogP contribution is 2.24. The maximum atomic E-state index is 12.0. The number of para-hydroxylation sites is 1. The van der Waals surface area contributed by atoms with Crippen molar-refractivity contribution in [2.45, 2.75) is 39.0 Å². The summed E-state index contributed by atoms with van der Waals surface area (Å²) in [6, 6.07) is 5.47. The lowest BCUT2D eigenvalue weighted by Gasteiger charge is -2.20. The molecule has 1 aromatic carbocycles. The van der Waals surface area contributed by atoms with Crippen LogP contribution in [0.2, 0.25) is 0 Å². The molecule has 0 aliphatic rings. The van der Waals surface area contributed by atoms with Gasteiger partial charge in [0, 0.05) is 5.56 Å². The molecule has 4 nitrogen and oxygen atoms in total. The minimum absolute atomic E-state index is 0.0320. The van der Waals surface area contributed by atoms with E-state index in [0.29, 0.717) is 11.3 Å². The maximum absolute atomic E-state index is 12.0. The highest BCUT2D eigenvalue weighted by molar-refractivity contribution is 7.92. The first kappa shape index (κ1) is 16.0. The Morgan fingerprint density at radius 1 is 1.26 bits per heavy atom. The summed E-state index contributed by atoms with van der Waals surface area (Å²) >= 11 is 0. The first-order valence-corrected chi connectivity index (χ1v) is 7.88. The standard InChI is InChI=1S/C14H22O4S/c1-11-6-5-7-12(10-15)13(11)18-8-9-19(16,17)14(2,3)4/h5-7,15H,8-10H2,1-4H3. The van der Waals surface area contributed by atoms with Gasteiger partial charge in [-0.15, -0.1) is 0 Å². The summed E-state index contributed by atoms with van der Waals surface area (Å²) < 4.78 is 28.7. The van der Waals surface area contributed by atoms with Crippen molar-refractivity contribution in [2.24, 2.45) is 0 Å². The van der Waals surface area contributed by atoms with Gasteiger partial charge in [-0.2, -0.15) is 0 Å². The molecule has 0 spiro atoms. The molecule has 0 heterocycles. The molecule has 0 atom stereocenters. The second kappa shape index (κ2) is 5.92. The molecule has 0 radical (unpaired) electrons. The zero-order valence-electron chi connectivity index (χ0n) is 11.9. The van der Waals surface area contributed by atoms with Crippen molar-refractivity contribution in [1.82, 2.24) is 0 Å². The monoisotopic (exact) mass is 286 g/mol. The topological polar surface area (TPSA) is 63.6 Å². The van der Waals surface area contributed by atoms with Gasteiger partial charge in [0.05, 0.1) is 17.1 Å². The average Bonchev–Trinajstić information content (AvgIpc) is 2.29. The SMILES string of the molecule is Cc1cccc(CO)c1OCCS(=O)(=O)C(C)(C)C. The van der Waals surface area contributed by atoms with E-state index in [2.05, 4.69) is 0 Å². The Morgan fingerprint density at radius 3 is 2.42 bits per heavy atom.